The molecular weight excluding hydrogens is 408 g/mol. The predicted molar refractivity (Wildman–Crippen MR) is 118 cm³/mol. The topological polar surface area (TPSA) is 83.6 Å². The zero-order valence-corrected chi connectivity index (χ0v) is 18.7. The number of nitrogens with zero attached hydrogens (tertiary/aromatic N) is 1. The van der Waals surface area contributed by atoms with Crippen LogP contribution in [-0.2, 0) is 32.9 Å². The van der Waals surface area contributed by atoms with Crippen LogP contribution in [0.5, 0.6) is 0 Å². The van der Waals surface area contributed by atoms with Crippen molar-refractivity contribution in [3.63, 3.8) is 0 Å². The number of anilines is 2. The van der Waals surface area contributed by atoms with E-state index in [9.17, 15) is 16.8 Å². The molecule has 8 heteroatoms. The van der Waals surface area contributed by atoms with Crippen LogP contribution in [0.3, 0.4) is 0 Å². The summed E-state index contributed by atoms with van der Waals surface area (Å²) in [7, 11) is -7.14. The molecule has 0 saturated carbocycles. The lowest BCUT2D eigenvalue weighted by Gasteiger charge is -2.28. The Bertz CT molecular complexity index is 1090. The molecule has 1 heterocycles. The van der Waals surface area contributed by atoms with Gasteiger partial charge in [-0.2, -0.15) is 0 Å². The van der Waals surface area contributed by atoms with E-state index in [2.05, 4.69) is 4.72 Å². The van der Waals surface area contributed by atoms with Gasteiger partial charge < -0.3 is 0 Å². The smallest absolute Gasteiger partial charge is 0.262 e. The third-order valence-electron chi connectivity index (χ3n) is 5.32. The van der Waals surface area contributed by atoms with E-state index in [0.717, 1.165) is 30.4 Å². The van der Waals surface area contributed by atoms with Crippen LogP contribution in [0, 0.1) is 6.92 Å². The Morgan fingerprint density at radius 2 is 1.69 bits per heavy atom. The van der Waals surface area contributed by atoms with Crippen molar-refractivity contribution < 1.29 is 16.8 Å². The van der Waals surface area contributed by atoms with Crippen molar-refractivity contribution in [2.24, 2.45) is 0 Å². The maximum absolute atomic E-state index is 13.1. The Balaban J connectivity index is 1.97. The fourth-order valence-electron chi connectivity index (χ4n) is 3.73. The van der Waals surface area contributed by atoms with Gasteiger partial charge in [-0.05, 0) is 67.5 Å². The number of hydrogen-bond donors (Lipinski definition) is 1. The summed E-state index contributed by atoms with van der Waals surface area (Å²) in [6.07, 6.45) is 2.89. The number of benzene rings is 2. The normalized spacial score (nSPS) is 16.6. The van der Waals surface area contributed by atoms with Gasteiger partial charge in [0.05, 0.1) is 22.0 Å². The summed E-state index contributed by atoms with van der Waals surface area (Å²) in [5, 5.41) is 0. The number of sulfonamides is 2. The van der Waals surface area contributed by atoms with E-state index in [1.807, 2.05) is 32.0 Å². The van der Waals surface area contributed by atoms with Crippen LogP contribution in [0.25, 0.3) is 0 Å². The van der Waals surface area contributed by atoms with Crippen LogP contribution < -0.4 is 9.03 Å². The highest BCUT2D eigenvalue weighted by molar-refractivity contribution is 7.93. The third kappa shape index (κ3) is 4.43. The summed E-state index contributed by atoms with van der Waals surface area (Å²) in [5.74, 6) is 0.126. The maximum atomic E-state index is 13.1. The number of aryl methyl sites for hydroxylation is 3. The van der Waals surface area contributed by atoms with Crippen LogP contribution in [0.2, 0.25) is 0 Å². The SMILES string of the molecule is CCc1cccc(CC)c1NS(=O)(=O)c1ccc(N2CCCCS2(=O)=O)cc1C. The Morgan fingerprint density at radius 3 is 2.24 bits per heavy atom. The largest absolute Gasteiger partial charge is 0.279 e. The molecule has 0 spiro atoms. The molecule has 1 N–H and O–H groups in total. The van der Waals surface area contributed by atoms with E-state index in [4.69, 9.17) is 0 Å². The molecule has 2 aromatic rings. The lowest BCUT2D eigenvalue weighted by molar-refractivity contribution is 0.574. The number of rotatable bonds is 6. The Labute approximate surface area is 174 Å². The van der Waals surface area contributed by atoms with Gasteiger partial charge in [-0.1, -0.05) is 32.0 Å². The molecular formula is C21H28N2O4S2. The van der Waals surface area contributed by atoms with Crippen molar-refractivity contribution in [3.8, 4) is 0 Å². The number of para-hydroxylation sites is 1. The second kappa shape index (κ2) is 8.36. The molecule has 2 aromatic carbocycles. The fourth-order valence-corrected chi connectivity index (χ4v) is 6.73. The summed E-state index contributed by atoms with van der Waals surface area (Å²) in [4.78, 5) is 0.156. The molecule has 0 aliphatic carbocycles. The molecule has 29 heavy (non-hydrogen) atoms. The molecule has 0 unspecified atom stereocenters. The van der Waals surface area contributed by atoms with Gasteiger partial charge in [-0.15, -0.1) is 0 Å². The lowest BCUT2D eigenvalue weighted by atomic mass is 10.0. The number of hydrogen-bond acceptors (Lipinski definition) is 4. The summed E-state index contributed by atoms with van der Waals surface area (Å²) >= 11 is 0. The molecule has 0 aromatic heterocycles. The van der Waals surface area contributed by atoms with Gasteiger partial charge in [0.1, 0.15) is 0 Å². The average Bonchev–Trinajstić information content (AvgIpc) is 2.67. The van der Waals surface area contributed by atoms with E-state index in [1.54, 1.807) is 19.1 Å². The van der Waals surface area contributed by atoms with Gasteiger partial charge in [-0.3, -0.25) is 9.03 Å². The van der Waals surface area contributed by atoms with Crippen molar-refractivity contribution >= 4 is 31.4 Å². The molecule has 1 aliphatic heterocycles. The summed E-state index contributed by atoms with van der Waals surface area (Å²) in [5.41, 5.74) is 3.56. The molecule has 0 atom stereocenters. The van der Waals surface area contributed by atoms with Gasteiger partial charge in [0.25, 0.3) is 10.0 Å². The minimum absolute atomic E-state index is 0.126. The van der Waals surface area contributed by atoms with Crippen LogP contribution in [0.4, 0.5) is 11.4 Å². The first-order valence-corrected chi connectivity index (χ1v) is 13.0. The summed E-state index contributed by atoms with van der Waals surface area (Å²) < 4.78 is 55.1. The second-order valence-electron chi connectivity index (χ2n) is 7.31. The first kappa shape index (κ1) is 21.6. The van der Waals surface area contributed by atoms with Crippen molar-refractivity contribution in [2.75, 3.05) is 21.3 Å². The molecule has 158 valence electrons. The van der Waals surface area contributed by atoms with Crippen LogP contribution >= 0.6 is 0 Å². The highest BCUT2D eigenvalue weighted by Crippen LogP contribution is 2.30. The molecule has 0 bridgehead atoms. The van der Waals surface area contributed by atoms with Crippen molar-refractivity contribution in [1.82, 2.24) is 0 Å². The predicted octanol–water partition coefficient (Wildman–Crippen LogP) is 3.85. The molecule has 3 rings (SSSR count). The Kier molecular flexibility index (Phi) is 6.24. The van der Waals surface area contributed by atoms with Gasteiger partial charge in [0, 0.05) is 6.54 Å². The summed E-state index contributed by atoms with van der Waals surface area (Å²) in [6.45, 7) is 6.11. The molecule has 1 aliphatic rings. The van der Waals surface area contributed by atoms with E-state index in [-0.39, 0.29) is 10.6 Å². The Hall–Kier alpha value is -2.06. The highest BCUT2D eigenvalue weighted by atomic mass is 32.2. The molecule has 6 nitrogen and oxygen atoms in total. The van der Waals surface area contributed by atoms with Crippen molar-refractivity contribution in [1.29, 1.82) is 0 Å². The lowest BCUT2D eigenvalue weighted by Crippen LogP contribution is -2.37. The van der Waals surface area contributed by atoms with Gasteiger partial charge in [0.15, 0.2) is 0 Å². The minimum atomic E-state index is -3.80. The third-order valence-corrected chi connectivity index (χ3v) is 8.70. The summed E-state index contributed by atoms with van der Waals surface area (Å²) in [6, 6.07) is 10.5. The standard InChI is InChI=1S/C21H28N2O4S2/c1-4-17-9-8-10-18(5-2)21(17)22-29(26,27)20-12-11-19(15-16(20)3)23-13-6-7-14-28(23,24)25/h8-12,15,22H,4-7,13-14H2,1-3H3. The first-order valence-electron chi connectivity index (χ1n) is 9.94. The van der Waals surface area contributed by atoms with Crippen LogP contribution in [-0.4, -0.2) is 29.1 Å². The molecule has 1 fully saturated rings. The average molecular weight is 437 g/mol. The zero-order valence-electron chi connectivity index (χ0n) is 17.1. The second-order valence-corrected chi connectivity index (χ2v) is 11.0. The van der Waals surface area contributed by atoms with Gasteiger partial charge in [-0.25, -0.2) is 16.8 Å². The van der Waals surface area contributed by atoms with E-state index < -0.39 is 20.0 Å². The monoisotopic (exact) mass is 436 g/mol. The quantitative estimate of drug-likeness (QED) is 0.745. The van der Waals surface area contributed by atoms with Crippen LogP contribution in [0.15, 0.2) is 41.3 Å². The Morgan fingerprint density at radius 1 is 1.03 bits per heavy atom. The van der Waals surface area contributed by atoms with E-state index in [0.29, 0.717) is 29.9 Å². The fraction of sp³-hybridized carbons (Fsp3) is 0.429. The van der Waals surface area contributed by atoms with E-state index in [1.165, 1.54) is 10.4 Å². The minimum Gasteiger partial charge on any atom is -0.279 e. The van der Waals surface area contributed by atoms with Crippen molar-refractivity contribution in [2.45, 2.75) is 51.3 Å². The van der Waals surface area contributed by atoms with Gasteiger partial charge >= 0.3 is 0 Å². The molecule has 0 amide bonds. The first-order chi connectivity index (χ1) is 13.7. The van der Waals surface area contributed by atoms with E-state index >= 15 is 0 Å². The van der Waals surface area contributed by atoms with Gasteiger partial charge in [0.2, 0.25) is 10.0 Å². The maximum Gasteiger partial charge on any atom is 0.262 e. The highest BCUT2D eigenvalue weighted by Gasteiger charge is 2.27. The molecule has 0 radical (unpaired) electrons. The molecule has 1 saturated heterocycles. The van der Waals surface area contributed by atoms with Crippen molar-refractivity contribution in [3.05, 3.63) is 53.1 Å². The van der Waals surface area contributed by atoms with Crippen LogP contribution in [0.1, 0.15) is 43.4 Å². The number of nitrogens with one attached hydrogen (secondary N) is 1. The zero-order chi connectivity index (χ0) is 21.2.